The predicted octanol–water partition coefficient (Wildman–Crippen LogP) is 2.63. The van der Waals surface area contributed by atoms with Crippen molar-refractivity contribution in [2.24, 2.45) is 5.92 Å². The van der Waals surface area contributed by atoms with E-state index in [1.807, 2.05) is 0 Å². The van der Waals surface area contributed by atoms with Crippen LogP contribution in [0.15, 0.2) is 11.6 Å². The van der Waals surface area contributed by atoms with E-state index in [-0.39, 0.29) is 11.5 Å². The summed E-state index contributed by atoms with van der Waals surface area (Å²) in [6.45, 7) is 2.96. The van der Waals surface area contributed by atoms with Crippen molar-refractivity contribution in [1.82, 2.24) is 0 Å². The standard InChI is InChI=1S/C16H26O5/c1-4-5-10-21-13-8-6-12(7-9-13)11-14(15(17)19-2)16(18)20-3/h11-13H,4-10H2,1-3H3. The van der Waals surface area contributed by atoms with E-state index in [1.54, 1.807) is 6.08 Å². The minimum absolute atomic E-state index is 0.00430. The highest BCUT2D eigenvalue weighted by Crippen LogP contribution is 2.28. The van der Waals surface area contributed by atoms with Crippen molar-refractivity contribution in [2.75, 3.05) is 20.8 Å². The molecule has 0 aromatic heterocycles. The molecule has 21 heavy (non-hydrogen) atoms. The van der Waals surface area contributed by atoms with E-state index in [2.05, 4.69) is 16.4 Å². The van der Waals surface area contributed by atoms with Crippen molar-refractivity contribution >= 4 is 11.9 Å². The number of unbranched alkanes of at least 4 members (excludes halogenated alkanes) is 1. The number of ether oxygens (including phenoxy) is 3. The summed E-state index contributed by atoms with van der Waals surface area (Å²) in [6, 6.07) is 0. The number of carbonyl (C=O) groups is 2. The van der Waals surface area contributed by atoms with Gasteiger partial charge in [0.1, 0.15) is 5.57 Å². The molecular formula is C16H26O5. The molecule has 1 aliphatic rings. The smallest absolute Gasteiger partial charge is 0.344 e. The highest BCUT2D eigenvalue weighted by atomic mass is 16.5. The van der Waals surface area contributed by atoms with E-state index >= 15 is 0 Å². The summed E-state index contributed by atoms with van der Waals surface area (Å²) in [5.41, 5.74) is -0.00430. The maximum absolute atomic E-state index is 11.6. The highest BCUT2D eigenvalue weighted by Gasteiger charge is 2.25. The zero-order valence-electron chi connectivity index (χ0n) is 13.2. The van der Waals surface area contributed by atoms with Crippen LogP contribution in [0.4, 0.5) is 0 Å². The topological polar surface area (TPSA) is 61.8 Å². The second-order valence-corrected chi connectivity index (χ2v) is 5.32. The summed E-state index contributed by atoms with van der Waals surface area (Å²) in [7, 11) is 2.52. The lowest BCUT2D eigenvalue weighted by Crippen LogP contribution is -2.23. The molecule has 0 N–H and O–H groups in total. The van der Waals surface area contributed by atoms with Gasteiger partial charge in [-0.2, -0.15) is 0 Å². The second kappa shape index (κ2) is 9.55. The van der Waals surface area contributed by atoms with Gasteiger partial charge in [-0.15, -0.1) is 0 Å². The molecule has 120 valence electrons. The van der Waals surface area contributed by atoms with Gasteiger partial charge in [0.05, 0.1) is 20.3 Å². The van der Waals surface area contributed by atoms with E-state index < -0.39 is 11.9 Å². The third kappa shape index (κ3) is 5.87. The summed E-state index contributed by atoms with van der Waals surface area (Å²) in [5.74, 6) is -1.07. The lowest BCUT2D eigenvalue weighted by molar-refractivity contribution is -0.144. The Kier molecular flexibility index (Phi) is 8.05. The van der Waals surface area contributed by atoms with Crippen LogP contribution in [0.2, 0.25) is 0 Å². The molecule has 0 bridgehead atoms. The fourth-order valence-corrected chi connectivity index (χ4v) is 2.49. The van der Waals surface area contributed by atoms with E-state index in [9.17, 15) is 9.59 Å². The third-order valence-corrected chi connectivity index (χ3v) is 3.78. The van der Waals surface area contributed by atoms with E-state index in [1.165, 1.54) is 14.2 Å². The highest BCUT2D eigenvalue weighted by molar-refractivity contribution is 6.13. The Bertz CT molecular complexity index is 349. The minimum Gasteiger partial charge on any atom is -0.465 e. The van der Waals surface area contributed by atoms with Gasteiger partial charge in [0.15, 0.2) is 0 Å². The molecular weight excluding hydrogens is 272 g/mol. The SMILES string of the molecule is CCCCOC1CCC(C=C(C(=O)OC)C(=O)OC)CC1. The quantitative estimate of drug-likeness (QED) is 0.238. The van der Waals surface area contributed by atoms with Gasteiger partial charge in [0.2, 0.25) is 0 Å². The van der Waals surface area contributed by atoms with Gasteiger partial charge >= 0.3 is 11.9 Å². The molecule has 0 amide bonds. The van der Waals surface area contributed by atoms with Gasteiger partial charge in [0.25, 0.3) is 0 Å². The van der Waals surface area contributed by atoms with E-state index in [4.69, 9.17) is 4.74 Å². The number of hydrogen-bond acceptors (Lipinski definition) is 5. The van der Waals surface area contributed by atoms with Crippen molar-refractivity contribution in [2.45, 2.75) is 51.6 Å². The van der Waals surface area contributed by atoms with Gasteiger partial charge in [-0.25, -0.2) is 9.59 Å². The molecule has 0 radical (unpaired) electrons. The van der Waals surface area contributed by atoms with Crippen LogP contribution in [0.5, 0.6) is 0 Å². The van der Waals surface area contributed by atoms with Gasteiger partial charge in [-0.1, -0.05) is 19.4 Å². The molecule has 1 aliphatic carbocycles. The first kappa shape index (κ1) is 17.7. The molecule has 0 aromatic carbocycles. The summed E-state index contributed by atoms with van der Waals surface area (Å²) >= 11 is 0. The van der Waals surface area contributed by atoms with Crippen molar-refractivity contribution in [1.29, 1.82) is 0 Å². The maximum Gasteiger partial charge on any atom is 0.344 e. The molecule has 0 aliphatic heterocycles. The lowest BCUT2D eigenvalue weighted by atomic mass is 9.86. The summed E-state index contributed by atoms with van der Waals surface area (Å²) in [6.07, 6.45) is 7.97. The molecule has 0 heterocycles. The number of rotatable bonds is 7. The molecule has 0 spiro atoms. The zero-order valence-corrected chi connectivity index (χ0v) is 13.2. The van der Waals surface area contributed by atoms with Gasteiger partial charge in [-0.05, 0) is 38.0 Å². The summed E-state index contributed by atoms with van der Waals surface area (Å²) in [5, 5.41) is 0. The monoisotopic (exact) mass is 298 g/mol. The Labute approximate surface area is 126 Å². The van der Waals surface area contributed by atoms with Crippen molar-refractivity contribution in [3.63, 3.8) is 0 Å². The first-order valence-electron chi connectivity index (χ1n) is 7.62. The Morgan fingerprint density at radius 1 is 1.05 bits per heavy atom. The predicted molar refractivity (Wildman–Crippen MR) is 78.7 cm³/mol. The Morgan fingerprint density at radius 2 is 1.62 bits per heavy atom. The van der Waals surface area contributed by atoms with Crippen LogP contribution in [-0.2, 0) is 23.8 Å². The van der Waals surface area contributed by atoms with Crippen LogP contribution < -0.4 is 0 Å². The van der Waals surface area contributed by atoms with Crippen LogP contribution >= 0.6 is 0 Å². The number of carbonyl (C=O) groups excluding carboxylic acids is 2. The van der Waals surface area contributed by atoms with Crippen molar-refractivity contribution in [3.8, 4) is 0 Å². The van der Waals surface area contributed by atoms with Gasteiger partial charge in [0, 0.05) is 6.61 Å². The summed E-state index contributed by atoms with van der Waals surface area (Å²) in [4.78, 5) is 23.2. The Morgan fingerprint density at radius 3 is 2.10 bits per heavy atom. The number of allylic oxidation sites excluding steroid dienone is 1. The second-order valence-electron chi connectivity index (χ2n) is 5.32. The normalized spacial score (nSPS) is 21.5. The zero-order chi connectivity index (χ0) is 15.7. The molecule has 1 saturated carbocycles. The number of esters is 2. The molecule has 5 nitrogen and oxygen atoms in total. The lowest BCUT2D eigenvalue weighted by Gasteiger charge is -2.27. The van der Waals surface area contributed by atoms with Gasteiger partial charge in [-0.3, -0.25) is 0 Å². The average molecular weight is 298 g/mol. The van der Waals surface area contributed by atoms with E-state index in [0.29, 0.717) is 6.10 Å². The summed E-state index contributed by atoms with van der Waals surface area (Å²) < 4.78 is 15.1. The number of methoxy groups -OCH3 is 2. The molecule has 1 rings (SSSR count). The first-order valence-corrected chi connectivity index (χ1v) is 7.62. The fourth-order valence-electron chi connectivity index (χ4n) is 2.49. The van der Waals surface area contributed by atoms with Crippen molar-refractivity contribution in [3.05, 3.63) is 11.6 Å². The van der Waals surface area contributed by atoms with Crippen molar-refractivity contribution < 1.29 is 23.8 Å². The Balaban J connectivity index is 2.53. The van der Waals surface area contributed by atoms with Crippen LogP contribution in [-0.4, -0.2) is 38.9 Å². The first-order chi connectivity index (χ1) is 10.1. The van der Waals surface area contributed by atoms with Crippen LogP contribution in [0, 0.1) is 5.92 Å². The molecule has 0 aromatic rings. The van der Waals surface area contributed by atoms with Gasteiger partial charge < -0.3 is 14.2 Å². The molecule has 0 unspecified atom stereocenters. The third-order valence-electron chi connectivity index (χ3n) is 3.78. The van der Waals surface area contributed by atoms with E-state index in [0.717, 1.165) is 45.1 Å². The minimum atomic E-state index is -0.636. The number of hydrogen-bond donors (Lipinski definition) is 0. The molecule has 0 atom stereocenters. The van der Waals surface area contributed by atoms with Crippen LogP contribution in [0.25, 0.3) is 0 Å². The molecule has 1 fully saturated rings. The van der Waals surface area contributed by atoms with Crippen LogP contribution in [0.1, 0.15) is 45.4 Å². The average Bonchev–Trinajstić information content (AvgIpc) is 2.52. The fraction of sp³-hybridized carbons (Fsp3) is 0.750. The largest absolute Gasteiger partial charge is 0.465 e. The maximum atomic E-state index is 11.6. The molecule has 0 saturated heterocycles. The Hall–Kier alpha value is -1.36. The molecule has 5 heteroatoms. The van der Waals surface area contributed by atoms with Crippen LogP contribution in [0.3, 0.4) is 0 Å².